The van der Waals surface area contributed by atoms with E-state index in [1.807, 2.05) is 50.1 Å². The molecule has 1 aromatic heterocycles. The molecule has 1 aliphatic rings. The second kappa shape index (κ2) is 7.43. The number of nitrogens with one attached hydrogen (secondary N) is 1. The van der Waals surface area contributed by atoms with Crippen molar-refractivity contribution in [3.63, 3.8) is 0 Å². The van der Waals surface area contributed by atoms with Crippen molar-refractivity contribution in [2.75, 3.05) is 13.6 Å². The van der Waals surface area contributed by atoms with Crippen LogP contribution in [-0.2, 0) is 5.54 Å². The number of hydrogen-bond donors (Lipinski definition) is 1. The number of carbonyl (C=O) groups is 1. The van der Waals surface area contributed by atoms with Gasteiger partial charge in [-0.2, -0.15) is 4.68 Å². The summed E-state index contributed by atoms with van der Waals surface area (Å²) in [5, 5.41) is 15.6. The molecule has 1 N–H and O–H groups in total. The Balaban J connectivity index is 2.08. The molecule has 7 heteroatoms. The molecule has 0 spiro atoms. The van der Waals surface area contributed by atoms with Crippen LogP contribution in [0, 0.1) is 12.8 Å². The van der Waals surface area contributed by atoms with Gasteiger partial charge in [-0.25, -0.2) is 4.79 Å². The standard InChI is InChI=1S/C19H28N6O/c1-5-20-18(26)24(4)19(12-10-14(2)11-13-19)17-21-22-23-25(17)16-9-7-6-8-15(16)3/h6-9,14H,5,10-13H2,1-4H3,(H,20,26). The molecule has 1 saturated carbocycles. The summed E-state index contributed by atoms with van der Waals surface area (Å²) in [4.78, 5) is 14.5. The van der Waals surface area contributed by atoms with Gasteiger partial charge in [-0.1, -0.05) is 25.1 Å². The zero-order valence-electron chi connectivity index (χ0n) is 16.1. The Labute approximate surface area is 154 Å². The van der Waals surface area contributed by atoms with Gasteiger partial charge in [0, 0.05) is 13.6 Å². The lowest BCUT2D eigenvalue weighted by molar-refractivity contribution is 0.0726. The maximum absolute atomic E-state index is 12.7. The van der Waals surface area contributed by atoms with E-state index >= 15 is 0 Å². The van der Waals surface area contributed by atoms with Crippen molar-refractivity contribution in [3.8, 4) is 5.69 Å². The third-order valence-corrected chi connectivity index (χ3v) is 5.61. The largest absolute Gasteiger partial charge is 0.338 e. The molecule has 3 rings (SSSR count). The summed E-state index contributed by atoms with van der Waals surface area (Å²) < 4.78 is 1.81. The van der Waals surface area contributed by atoms with Crippen LogP contribution < -0.4 is 5.32 Å². The summed E-state index contributed by atoms with van der Waals surface area (Å²) in [5.41, 5.74) is 1.55. The lowest BCUT2D eigenvalue weighted by Gasteiger charge is -2.44. The lowest BCUT2D eigenvalue weighted by atomic mass is 9.75. The molecule has 140 valence electrons. The van der Waals surface area contributed by atoms with Gasteiger partial charge in [-0.15, -0.1) is 5.10 Å². The molecule has 1 aromatic carbocycles. The van der Waals surface area contributed by atoms with E-state index < -0.39 is 5.54 Å². The van der Waals surface area contributed by atoms with Gasteiger partial charge in [0.2, 0.25) is 0 Å². The monoisotopic (exact) mass is 356 g/mol. The molecule has 1 aliphatic carbocycles. The lowest BCUT2D eigenvalue weighted by Crippen LogP contribution is -2.53. The van der Waals surface area contributed by atoms with Crippen LogP contribution in [-0.4, -0.2) is 44.7 Å². The normalized spacial score (nSPS) is 22.8. The van der Waals surface area contributed by atoms with Crippen LogP contribution in [0.4, 0.5) is 4.79 Å². The van der Waals surface area contributed by atoms with Crippen LogP contribution in [0.1, 0.15) is 50.9 Å². The third kappa shape index (κ3) is 3.18. The molecule has 0 unspecified atom stereocenters. The molecule has 2 aromatic rings. The summed E-state index contributed by atoms with van der Waals surface area (Å²) in [7, 11) is 1.86. The highest BCUT2D eigenvalue weighted by Gasteiger charge is 2.46. The Kier molecular flexibility index (Phi) is 5.25. The third-order valence-electron chi connectivity index (χ3n) is 5.61. The van der Waals surface area contributed by atoms with Crippen molar-refractivity contribution < 1.29 is 4.79 Å². The minimum absolute atomic E-state index is 0.0820. The van der Waals surface area contributed by atoms with E-state index in [4.69, 9.17) is 0 Å². The molecule has 0 saturated heterocycles. The van der Waals surface area contributed by atoms with Crippen molar-refractivity contribution in [1.82, 2.24) is 30.4 Å². The second-order valence-corrected chi connectivity index (χ2v) is 7.31. The van der Waals surface area contributed by atoms with Gasteiger partial charge in [-0.3, -0.25) is 0 Å². The zero-order valence-corrected chi connectivity index (χ0v) is 16.1. The number of hydrogen-bond acceptors (Lipinski definition) is 4. The maximum Gasteiger partial charge on any atom is 0.317 e. The molecule has 1 fully saturated rings. The van der Waals surface area contributed by atoms with Gasteiger partial charge in [-0.05, 0) is 67.5 Å². The number of nitrogens with zero attached hydrogens (tertiary/aromatic N) is 5. The van der Waals surface area contributed by atoms with E-state index in [-0.39, 0.29) is 6.03 Å². The molecule has 2 amide bonds. The molecular formula is C19H28N6O. The number of tetrazole rings is 1. The van der Waals surface area contributed by atoms with Gasteiger partial charge in [0.1, 0.15) is 5.54 Å². The van der Waals surface area contributed by atoms with E-state index in [9.17, 15) is 4.79 Å². The minimum atomic E-state index is -0.502. The van der Waals surface area contributed by atoms with E-state index in [0.717, 1.165) is 42.8 Å². The van der Waals surface area contributed by atoms with Gasteiger partial charge in [0.05, 0.1) is 5.69 Å². The van der Waals surface area contributed by atoms with Gasteiger partial charge in [0.25, 0.3) is 0 Å². The van der Waals surface area contributed by atoms with Crippen molar-refractivity contribution in [1.29, 1.82) is 0 Å². The Morgan fingerprint density at radius 3 is 2.69 bits per heavy atom. The Bertz CT molecular complexity index is 763. The number of aryl methyl sites for hydroxylation is 1. The quantitative estimate of drug-likeness (QED) is 0.913. The summed E-state index contributed by atoms with van der Waals surface area (Å²) in [6.07, 6.45) is 3.80. The Morgan fingerprint density at radius 2 is 2.04 bits per heavy atom. The van der Waals surface area contributed by atoms with Gasteiger partial charge >= 0.3 is 6.03 Å². The van der Waals surface area contributed by atoms with Crippen molar-refractivity contribution in [3.05, 3.63) is 35.7 Å². The number of benzene rings is 1. The molecule has 7 nitrogen and oxygen atoms in total. The first-order valence-electron chi connectivity index (χ1n) is 9.36. The highest BCUT2D eigenvalue weighted by Crippen LogP contribution is 2.43. The number of para-hydroxylation sites is 1. The molecule has 0 atom stereocenters. The van der Waals surface area contributed by atoms with E-state index in [1.54, 1.807) is 4.68 Å². The topological polar surface area (TPSA) is 75.9 Å². The predicted molar refractivity (Wildman–Crippen MR) is 100 cm³/mol. The van der Waals surface area contributed by atoms with Crippen LogP contribution in [0.3, 0.4) is 0 Å². The summed E-state index contributed by atoms with van der Waals surface area (Å²) >= 11 is 0. The molecule has 0 bridgehead atoms. The molecular weight excluding hydrogens is 328 g/mol. The van der Waals surface area contributed by atoms with E-state index in [2.05, 4.69) is 27.8 Å². The van der Waals surface area contributed by atoms with Crippen LogP contribution in [0.15, 0.2) is 24.3 Å². The van der Waals surface area contributed by atoms with Crippen LogP contribution in [0.2, 0.25) is 0 Å². The summed E-state index contributed by atoms with van der Waals surface area (Å²) in [6.45, 7) is 6.83. The van der Waals surface area contributed by atoms with E-state index in [1.165, 1.54) is 0 Å². The number of urea groups is 1. The van der Waals surface area contributed by atoms with Crippen LogP contribution >= 0.6 is 0 Å². The number of amides is 2. The maximum atomic E-state index is 12.7. The first-order chi connectivity index (χ1) is 12.5. The van der Waals surface area contributed by atoms with Crippen LogP contribution in [0.25, 0.3) is 5.69 Å². The highest BCUT2D eigenvalue weighted by atomic mass is 16.2. The second-order valence-electron chi connectivity index (χ2n) is 7.31. The van der Waals surface area contributed by atoms with Gasteiger partial charge in [0.15, 0.2) is 5.82 Å². The molecule has 26 heavy (non-hydrogen) atoms. The first-order valence-corrected chi connectivity index (χ1v) is 9.36. The van der Waals surface area contributed by atoms with Crippen molar-refractivity contribution >= 4 is 6.03 Å². The average molecular weight is 356 g/mol. The molecule has 0 aliphatic heterocycles. The van der Waals surface area contributed by atoms with Crippen molar-refractivity contribution in [2.45, 2.75) is 52.0 Å². The predicted octanol–water partition coefficient (Wildman–Crippen LogP) is 3.04. The Morgan fingerprint density at radius 1 is 1.35 bits per heavy atom. The average Bonchev–Trinajstić information content (AvgIpc) is 3.13. The molecule has 1 heterocycles. The Hall–Kier alpha value is -2.44. The number of aromatic nitrogens is 4. The van der Waals surface area contributed by atoms with Crippen LogP contribution in [0.5, 0.6) is 0 Å². The smallest absolute Gasteiger partial charge is 0.317 e. The fraction of sp³-hybridized carbons (Fsp3) is 0.579. The zero-order chi connectivity index (χ0) is 18.7. The fourth-order valence-corrected chi connectivity index (χ4v) is 3.85. The summed E-state index contributed by atoms with van der Waals surface area (Å²) in [6, 6.07) is 7.96. The highest BCUT2D eigenvalue weighted by molar-refractivity contribution is 5.75. The molecule has 0 radical (unpaired) electrons. The SMILES string of the molecule is CCNC(=O)N(C)C1(c2nnnn2-c2ccccc2C)CCC(C)CC1. The van der Waals surface area contributed by atoms with Gasteiger partial charge < -0.3 is 10.2 Å². The first kappa shape index (κ1) is 18.4. The number of carbonyl (C=O) groups excluding carboxylic acids is 1. The summed E-state index contributed by atoms with van der Waals surface area (Å²) in [5.74, 6) is 1.39. The number of rotatable bonds is 4. The minimum Gasteiger partial charge on any atom is -0.338 e. The van der Waals surface area contributed by atoms with Crippen molar-refractivity contribution in [2.24, 2.45) is 5.92 Å². The fourth-order valence-electron chi connectivity index (χ4n) is 3.85. The van der Waals surface area contributed by atoms with E-state index in [0.29, 0.717) is 12.5 Å².